The van der Waals surface area contributed by atoms with E-state index >= 15 is 0 Å². The molecule has 1 heterocycles. The minimum atomic E-state index is -0.649. The first-order valence-corrected chi connectivity index (χ1v) is 18.0. The molecule has 2 bridgehead atoms. The SMILES string of the molecule is CCCCC(N)=NCCCNC(=O)[C@@H](CC(C)C)NC(=O)[C@@]1(c2ccccc2)C[C@H]1CN1CC[C@@]2(C)c3cc(O)ccc3C[C@@H]1[C@@H]2C. The van der Waals surface area contributed by atoms with Crippen LogP contribution in [0, 0.1) is 17.8 Å². The Hall–Kier alpha value is -3.39. The Kier molecular flexibility index (Phi) is 11.0. The van der Waals surface area contributed by atoms with Crippen molar-refractivity contribution in [3.8, 4) is 5.75 Å². The van der Waals surface area contributed by atoms with Crippen molar-refractivity contribution < 1.29 is 14.7 Å². The molecule has 2 aliphatic carbocycles. The lowest BCUT2D eigenvalue weighted by Crippen LogP contribution is -2.58. The highest BCUT2D eigenvalue weighted by Crippen LogP contribution is 2.57. The van der Waals surface area contributed by atoms with Crippen LogP contribution in [0.2, 0.25) is 0 Å². The molecule has 8 heteroatoms. The van der Waals surface area contributed by atoms with Crippen LogP contribution in [-0.4, -0.2) is 65.9 Å². The van der Waals surface area contributed by atoms with Gasteiger partial charge in [-0.25, -0.2) is 0 Å². The number of nitrogens with zero attached hydrogens (tertiary/aromatic N) is 2. The largest absolute Gasteiger partial charge is 0.508 e. The van der Waals surface area contributed by atoms with Crippen LogP contribution in [0.15, 0.2) is 53.5 Å². The van der Waals surface area contributed by atoms with Crippen molar-refractivity contribution in [2.75, 3.05) is 26.2 Å². The first kappa shape index (κ1) is 34.9. The number of aliphatic imine (C=N–C) groups is 1. The van der Waals surface area contributed by atoms with Crippen LogP contribution < -0.4 is 16.4 Å². The molecule has 5 N–H and O–H groups in total. The first-order valence-electron chi connectivity index (χ1n) is 18.0. The van der Waals surface area contributed by atoms with Gasteiger partial charge < -0.3 is 21.5 Å². The van der Waals surface area contributed by atoms with Gasteiger partial charge in [-0.2, -0.15) is 0 Å². The van der Waals surface area contributed by atoms with Crippen molar-refractivity contribution in [1.82, 2.24) is 15.5 Å². The van der Waals surface area contributed by atoms with E-state index in [0.29, 0.717) is 49.5 Å². The van der Waals surface area contributed by atoms with Crippen LogP contribution >= 0.6 is 0 Å². The fourth-order valence-corrected chi connectivity index (χ4v) is 8.32. The molecule has 2 amide bonds. The van der Waals surface area contributed by atoms with Crippen LogP contribution in [0.4, 0.5) is 0 Å². The maximum atomic E-state index is 14.4. The lowest BCUT2D eigenvalue weighted by atomic mass is 9.59. The number of rotatable bonds is 15. The molecule has 47 heavy (non-hydrogen) atoms. The van der Waals surface area contributed by atoms with Crippen LogP contribution in [0.1, 0.15) is 96.3 Å². The second-order valence-corrected chi connectivity index (χ2v) is 15.1. The quantitative estimate of drug-likeness (QED) is 0.117. The van der Waals surface area contributed by atoms with Crippen LogP contribution in [0.25, 0.3) is 0 Å². The minimum absolute atomic E-state index is 0.0242. The Morgan fingerprint density at radius 2 is 1.91 bits per heavy atom. The minimum Gasteiger partial charge on any atom is -0.508 e. The van der Waals surface area contributed by atoms with E-state index < -0.39 is 11.5 Å². The average molecular weight is 644 g/mol. The van der Waals surface area contributed by atoms with Gasteiger partial charge in [-0.05, 0) is 97.1 Å². The van der Waals surface area contributed by atoms with Crippen molar-refractivity contribution in [2.45, 2.75) is 109 Å². The number of hydrogen-bond donors (Lipinski definition) is 4. The third kappa shape index (κ3) is 7.53. The summed E-state index contributed by atoms with van der Waals surface area (Å²) in [6.07, 6.45) is 6.96. The summed E-state index contributed by atoms with van der Waals surface area (Å²) >= 11 is 0. The summed E-state index contributed by atoms with van der Waals surface area (Å²) in [5, 5.41) is 16.5. The molecular weight excluding hydrogens is 586 g/mol. The first-order chi connectivity index (χ1) is 22.5. The lowest BCUT2D eigenvalue weighted by Gasteiger charge is -2.55. The molecule has 6 atom stereocenters. The maximum Gasteiger partial charge on any atom is 0.242 e. The van der Waals surface area contributed by atoms with E-state index in [1.165, 1.54) is 11.1 Å². The summed E-state index contributed by atoms with van der Waals surface area (Å²) in [6.45, 7) is 13.9. The number of likely N-dealkylation sites (tertiary alicyclic amines) is 1. The van der Waals surface area contributed by atoms with Crippen LogP contribution in [0.3, 0.4) is 0 Å². The van der Waals surface area contributed by atoms with Crippen molar-refractivity contribution >= 4 is 17.6 Å². The van der Waals surface area contributed by atoms with Gasteiger partial charge in [0.05, 0.1) is 11.3 Å². The highest BCUT2D eigenvalue weighted by Gasteiger charge is 2.62. The molecule has 1 saturated carbocycles. The van der Waals surface area contributed by atoms with Crippen LogP contribution in [0.5, 0.6) is 5.75 Å². The standard InChI is InChI=1S/C39H57N5O3/c1-6-7-14-35(40)41-18-11-19-42-36(46)33(21-26(2)3)43-37(47)39(29-12-9-8-10-13-29)24-30(39)25-44-20-17-38(5)27(4)34(44)22-28-15-16-31(45)23-32(28)38/h8-10,12-13,15-16,23,26-27,30,33-34,45H,6-7,11,14,17-22,24-25H2,1-5H3,(H2,40,41)(H,42,46)(H,43,47)/t27-,30-,33+,34+,38+,39+/m0/s1. The highest BCUT2D eigenvalue weighted by atomic mass is 16.3. The van der Waals surface area contributed by atoms with E-state index in [2.05, 4.69) is 73.3 Å². The number of amides is 2. The number of amidine groups is 1. The molecule has 8 nitrogen and oxygen atoms in total. The van der Waals surface area contributed by atoms with Crippen molar-refractivity contribution in [1.29, 1.82) is 0 Å². The normalized spacial score (nSPS) is 27.6. The lowest BCUT2D eigenvalue weighted by molar-refractivity contribution is -0.131. The summed E-state index contributed by atoms with van der Waals surface area (Å²) in [5.74, 6) is 1.69. The number of piperidine rings is 1. The molecule has 0 aromatic heterocycles. The van der Waals surface area contributed by atoms with Gasteiger partial charge in [0.1, 0.15) is 11.8 Å². The molecule has 256 valence electrons. The van der Waals surface area contributed by atoms with E-state index in [9.17, 15) is 14.7 Å². The predicted octanol–water partition coefficient (Wildman–Crippen LogP) is 5.46. The summed E-state index contributed by atoms with van der Waals surface area (Å²) < 4.78 is 0. The molecule has 3 aliphatic rings. The number of phenolic OH excluding ortho intramolecular Hbond substituents is 1. The predicted molar refractivity (Wildman–Crippen MR) is 190 cm³/mol. The zero-order valence-electron chi connectivity index (χ0n) is 29.2. The molecule has 0 radical (unpaired) electrons. The summed E-state index contributed by atoms with van der Waals surface area (Å²) in [5.41, 5.74) is 9.02. The van der Waals surface area contributed by atoms with Gasteiger partial charge >= 0.3 is 0 Å². The zero-order valence-corrected chi connectivity index (χ0v) is 29.2. The Labute approximate surface area is 282 Å². The smallest absolute Gasteiger partial charge is 0.242 e. The number of carbonyl (C=O) groups is 2. The third-order valence-corrected chi connectivity index (χ3v) is 11.4. The van der Waals surface area contributed by atoms with Gasteiger partial charge in [0.15, 0.2) is 0 Å². The van der Waals surface area contributed by atoms with E-state index in [1.807, 2.05) is 30.3 Å². The molecule has 2 aromatic rings. The number of nitrogens with two attached hydrogens (primary N) is 1. The summed E-state index contributed by atoms with van der Waals surface area (Å²) in [6, 6.07) is 15.8. The average Bonchev–Trinajstić information content (AvgIpc) is 3.78. The molecule has 1 aliphatic heterocycles. The highest BCUT2D eigenvalue weighted by molar-refractivity contribution is 5.95. The second-order valence-electron chi connectivity index (χ2n) is 15.1. The van der Waals surface area contributed by atoms with Gasteiger partial charge in [-0.3, -0.25) is 19.5 Å². The van der Waals surface area contributed by atoms with Gasteiger partial charge in [0, 0.05) is 32.1 Å². The van der Waals surface area contributed by atoms with E-state index in [4.69, 9.17) is 5.73 Å². The molecule has 0 spiro atoms. The Morgan fingerprint density at radius 1 is 1.15 bits per heavy atom. The number of nitrogens with one attached hydrogen (secondary N) is 2. The Bertz CT molecular complexity index is 1430. The molecule has 2 fully saturated rings. The zero-order chi connectivity index (χ0) is 33.8. The molecule has 0 unspecified atom stereocenters. The maximum absolute atomic E-state index is 14.4. The number of benzene rings is 2. The fraction of sp³-hybridized carbons (Fsp3) is 0.615. The summed E-state index contributed by atoms with van der Waals surface area (Å²) in [7, 11) is 0. The third-order valence-electron chi connectivity index (χ3n) is 11.4. The van der Waals surface area contributed by atoms with Crippen LogP contribution in [-0.2, 0) is 26.8 Å². The monoisotopic (exact) mass is 643 g/mol. The molecule has 5 rings (SSSR count). The van der Waals surface area contributed by atoms with Crippen molar-refractivity contribution in [3.05, 3.63) is 65.2 Å². The Morgan fingerprint density at radius 3 is 2.64 bits per heavy atom. The van der Waals surface area contributed by atoms with Gasteiger partial charge in [0.2, 0.25) is 11.8 Å². The van der Waals surface area contributed by atoms with E-state index in [1.54, 1.807) is 0 Å². The molecule has 1 saturated heterocycles. The van der Waals surface area contributed by atoms with Crippen molar-refractivity contribution in [3.63, 3.8) is 0 Å². The fourth-order valence-electron chi connectivity index (χ4n) is 8.32. The number of aromatic hydroxyl groups is 1. The number of hydrogen-bond acceptors (Lipinski definition) is 5. The van der Waals surface area contributed by atoms with Gasteiger partial charge in [-0.1, -0.05) is 77.4 Å². The number of carbonyl (C=O) groups excluding carboxylic acids is 2. The van der Waals surface area contributed by atoms with Gasteiger partial charge in [0.25, 0.3) is 0 Å². The number of unbranched alkanes of at least 4 members (excludes halogenated alkanes) is 1. The Balaban J connectivity index is 1.27. The number of fused-ring (bicyclic) bond motifs is 4. The summed E-state index contributed by atoms with van der Waals surface area (Å²) in [4.78, 5) is 34.9. The number of phenols is 1. The molecule has 2 aromatic carbocycles. The van der Waals surface area contributed by atoms with E-state index in [-0.39, 0.29) is 29.1 Å². The topological polar surface area (TPSA) is 120 Å². The van der Waals surface area contributed by atoms with Crippen molar-refractivity contribution in [2.24, 2.45) is 28.5 Å². The van der Waals surface area contributed by atoms with E-state index in [0.717, 1.165) is 57.2 Å². The second kappa shape index (κ2) is 14.8. The molecular formula is C39H57N5O3. The van der Waals surface area contributed by atoms with Gasteiger partial charge in [-0.15, -0.1) is 0 Å².